The summed E-state index contributed by atoms with van der Waals surface area (Å²) in [4.78, 5) is 23.8. The summed E-state index contributed by atoms with van der Waals surface area (Å²) in [6, 6.07) is 9.50. The number of aryl methyl sites for hydroxylation is 3. The maximum atomic E-state index is 12.5. The zero-order valence-electron chi connectivity index (χ0n) is 14.1. The van der Waals surface area contributed by atoms with Crippen molar-refractivity contribution >= 4 is 44.9 Å². The number of para-hydroxylation sites is 1. The van der Waals surface area contributed by atoms with Gasteiger partial charge in [-0.25, -0.2) is 9.97 Å². The van der Waals surface area contributed by atoms with Crippen LogP contribution in [0.15, 0.2) is 35.4 Å². The van der Waals surface area contributed by atoms with Gasteiger partial charge in [-0.1, -0.05) is 30.0 Å². The molecule has 1 amide bonds. The van der Waals surface area contributed by atoms with Gasteiger partial charge in [0, 0.05) is 16.0 Å². The quantitative estimate of drug-likeness (QED) is 0.541. The van der Waals surface area contributed by atoms with Gasteiger partial charge in [0.25, 0.3) is 0 Å². The highest BCUT2D eigenvalue weighted by Crippen LogP contribution is 2.36. The molecule has 3 aromatic rings. The molecular weight excluding hydrogens is 338 g/mol. The van der Waals surface area contributed by atoms with Crippen LogP contribution in [-0.4, -0.2) is 21.1 Å². The van der Waals surface area contributed by atoms with Gasteiger partial charge >= 0.3 is 0 Å². The van der Waals surface area contributed by atoms with Crippen molar-refractivity contribution in [3.05, 3.63) is 46.6 Å². The maximum absolute atomic E-state index is 12.5. The Morgan fingerprint density at radius 3 is 2.58 bits per heavy atom. The molecule has 1 atom stereocenters. The van der Waals surface area contributed by atoms with Crippen LogP contribution in [0.25, 0.3) is 10.2 Å². The number of fused-ring (bicyclic) bond motifs is 1. The third-order valence-electron chi connectivity index (χ3n) is 3.81. The summed E-state index contributed by atoms with van der Waals surface area (Å²) in [5.41, 5.74) is 2.01. The van der Waals surface area contributed by atoms with Crippen LogP contribution in [0.4, 0.5) is 5.69 Å². The van der Waals surface area contributed by atoms with E-state index >= 15 is 0 Å². The monoisotopic (exact) mass is 357 g/mol. The fraction of sp³-hybridized carbons (Fsp3) is 0.278. The molecule has 0 aliphatic rings. The number of carbonyl (C=O) groups excluding carboxylic acids is 1. The highest BCUT2D eigenvalue weighted by molar-refractivity contribution is 8.00. The van der Waals surface area contributed by atoms with Crippen LogP contribution in [0.1, 0.15) is 23.2 Å². The summed E-state index contributed by atoms with van der Waals surface area (Å²) in [7, 11) is 0. The number of hydrogen-bond acceptors (Lipinski definition) is 5. The van der Waals surface area contributed by atoms with Gasteiger partial charge < -0.3 is 5.32 Å². The van der Waals surface area contributed by atoms with E-state index in [1.165, 1.54) is 22.2 Å². The molecule has 4 nitrogen and oxygen atoms in total. The van der Waals surface area contributed by atoms with Crippen LogP contribution >= 0.6 is 23.1 Å². The van der Waals surface area contributed by atoms with E-state index in [1.807, 2.05) is 44.2 Å². The Kier molecular flexibility index (Phi) is 4.87. The van der Waals surface area contributed by atoms with E-state index in [2.05, 4.69) is 29.1 Å². The van der Waals surface area contributed by atoms with E-state index in [0.29, 0.717) is 0 Å². The molecule has 0 saturated carbocycles. The first-order valence-corrected chi connectivity index (χ1v) is 9.42. The Labute approximate surface area is 149 Å². The summed E-state index contributed by atoms with van der Waals surface area (Å²) in [6.07, 6.45) is 0. The predicted molar refractivity (Wildman–Crippen MR) is 102 cm³/mol. The molecule has 0 spiro atoms. The number of nitrogens with one attached hydrogen (secondary N) is 1. The average molecular weight is 358 g/mol. The number of anilines is 1. The van der Waals surface area contributed by atoms with Gasteiger partial charge in [-0.3, -0.25) is 4.79 Å². The third-order valence-corrected chi connectivity index (χ3v) is 5.99. The van der Waals surface area contributed by atoms with Gasteiger partial charge in [0.2, 0.25) is 5.91 Å². The summed E-state index contributed by atoms with van der Waals surface area (Å²) in [6.45, 7) is 7.98. The van der Waals surface area contributed by atoms with Crippen LogP contribution in [0, 0.1) is 20.8 Å². The lowest BCUT2D eigenvalue weighted by Crippen LogP contribution is -2.22. The standard InChI is InChI=1S/C18H19N3OS2/c1-10-11(2)23-17-15(10)18(20-13(4)19-17)24-12(3)16(22)21-14-8-6-5-7-9-14/h5-9,12H,1-4H3,(H,21,22)/t12-/m1/s1. The second-order valence-electron chi connectivity index (χ2n) is 5.65. The second-order valence-corrected chi connectivity index (χ2v) is 8.19. The van der Waals surface area contributed by atoms with E-state index in [0.717, 1.165) is 26.8 Å². The fourth-order valence-electron chi connectivity index (χ4n) is 2.39. The second kappa shape index (κ2) is 6.91. The summed E-state index contributed by atoms with van der Waals surface area (Å²) < 4.78 is 0. The summed E-state index contributed by atoms with van der Waals surface area (Å²) in [5.74, 6) is 0.710. The van der Waals surface area contributed by atoms with E-state index in [-0.39, 0.29) is 11.2 Å². The van der Waals surface area contributed by atoms with Crippen molar-refractivity contribution in [2.24, 2.45) is 0 Å². The SMILES string of the molecule is Cc1nc(S[C@H](C)C(=O)Nc2ccccc2)c2c(C)c(C)sc2n1. The molecule has 24 heavy (non-hydrogen) atoms. The number of thioether (sulfide) groups is 1. The molecule has 0 bridgehead atoms. The van der Waals surface area contributed by atoms with Gasteiger partial charge in [-0.2, -0.15) is 0 Å². The highest BCUT2D eigenvalue weighted by atomic mass is 32.2. The van der Waals surface area contributed by atoms with E-state index in [4.69, 9.17) is 0 Å². The molecule has 6 heteroatoms. The molecule has 0 aliphatic carbocycles. The molecule has 0 aliphatic heterocycles. The molecule has 2 aromatic heterocycles. The first-order valence-electron chi connectivity index (χ1n) is 7.72. The van der Waals surface area contributed by atoms with E-state index < -0.39 is 0 Å². The number of hydrogen-bond donors (Lipinski definition) is 1. The topological polar surface area (TPSA) is 54.9 Å². The van der Waals surface area contributed by atoms with Crippen molar-refractivity contribution in [1.29, 1.82) is 0 Å². The lowest BCUT2D eigenvalue weighted by molar-refractivity contribution is -0.115. The Balaban J connectivity index is 1.85. The number of nitrogens with zero attached hydrogens (tertiary/aromatic N) is 2. The van der Waals surface area contributed by atoms with Crippen LogP contribution in [0.5, 0.6) is 0 Å². The third kappa shape index (κ3) is 3.44. The van der Waals surface area contributed by atoms with E-state index in [1.54, 1.807) is 11.3 Å². The zero-order valence-corrected chi connectivity index (χ0v) is 15.7. The normalized spacial score (nSPS) is 12.3. The van der Waals surface area contributed by atoms with Gasteiger partial charge in [0.05, 0.1) is 5.25 Å². The number of amides is 1. The fourth-order valence-corrected chi connectivity index (χ4v) is 4.58. The van der Waals surface area contributed by atoms with Crippen LogP contribution in [0.2, 0.25) is 0 Å². The Bertz CT molecular complexity index is 890. The molecule has 0 unspecified atom stereocenters. The molecule has 1 N–H and O–H groups in total. The van der Waals surface area contributed by atoms with Gasteiger partial charge in [0.1, 0.15) is 15.7 Å². The molecule has 3 rings (SSSR count). The molecule has 0 radical (unpaired) electrons. The zero-order chi connectivity index (χ0) is 17.3. The van der Waals surface area contributed by atoms with Crippen molar-refractivity contribution in [3.8, 4) is 0 Å². The van der Waals surface area contributed by atoms with Crippen molar-refractivity contribution in [2.45, 2.75) is 38.0 Å². The lowest BCUT2D eigenvalue weighted by atomic mass is 10.2. The number of thiophene rings is 1. The molecule has 0 fully saturated rings. The molecule has 124 valence electrons. The van der Waals surface area contributed by atoms with Gasteiger partial charge in [-0.05, 0) is 45.4 Å². The van der Waals surface area contributed by atoms with Crippen LogP contribution < -0.4 is 5.32 Å². The lowest BCUT2D eigenvalue weighted by Gasteiger charge is -2.12. The molecule has 1 aromatic carbocycles. The van der Waals surface area contributed by atoms with Crippen molar-refractivity contribution in [2.75, 3.05) is 5.32 Å². The number of aromatic nitrogens is 2. The van der Waals surface area contributed by atoms with E-state index in [9.17, 15) is 4.79 Å². The smallest absolute Gasteiger partial charge is 0.237 e. The predicted octanol–water partition coefficient (Wildman–Crippen LogP) is 4.74. The number of benzene rings is 1. The minimum absolute atomic E-state index is 0.0276. The molecule has 2 heterocycles. The van der Waals surface area contributed by atoms with Crippen LogP contribution in [0.3, 0.4) is 0 Å². The Morgan fingerprint density at radius 2 is 1.88 bits per heavy atom. The molecular formula is C18H19N3OS2. The van der Waals surface area contributed by atoms with Crippen molar-refractivity contribution in [1.82, 2.24) is 9.97 Å². The van der Waals surface area contributed by atoms with Gasteiger partial charge in [0.15, 0.2) is 0 Å². The number of carbonyl (C=O) groups is 1. The minimum atomic E-state index is -0.248. The van der Waals surface area contributed by atoms with Crippen LogP contribution in [-0.2, 0) is 4.79 Å². The number of rotatable bonds is 4. The highest BCUT2D eigenvalue weighted by Gasteiger charge is 2.20. The first kappa shape index (κ1) is 16.9. The Hall–Kier alpha value is -1.92. The minimum Gasteiger partial charge on any atom is -0.325 e. The largest absolute Gasteiger partial charge is 0.325 e. The van der Waals surface area contributed by atoms with Crippen molar-refractivity contribution in [3.63, 3.8) is 0 Å². The molecule has 0 saturated heterocycles. The Morgan fingerprint density at radius 1 is 1.17 bits per heavy atom. The maximum Gasteiger partial charge on any atom is 0.237 e. The average Bonchev–Trinajstić information content (AvgIpc) is 2.82. The summed E-state index contributed by atoms with van der Waals surface area (Å²) in [5, 5.41) is 4.66. The first-order chi connectivity index (χ1) is 11.5. The van der Waals surface area contributed by atoms with Gasteiger partial charge in [-0.15, -0.1) is 11.3 Å². The summed E-state index contributed by atoms with van der Waals surface area (Å²) >= 11 is 3.17. The van der Waals surface area contributed by atoms with Crippen molar-refractivity contribution < 1.29 is 4.79 Å².